The number of rotatable bonds is 9. The molecule has 14 heteroatoms. The van der Waals surface area contributed by atoms with E-state index in [1.54, 1.807) is 73.8 Å². The van der Waals surface area contributed by atoms with E-state index in [-0.39, 0.29) is 35.2 Å². The van der Waals surface area contributed by atoms with Crippen LogP contribution in [0.25, 0.3) is 10.8 Å². The zero-order valence-electron chi connectivity index (χ0n) is 35.5. The molecule has 65 heavy (non-hydrogen) atoms. The van der Waals surface area contributed by atoms with E-state index in [4.69, 9.17) is 27.9 Å². The van der Waals surface area contributed by atoms with Crippen LogP contribution in [0.3, 0.4) is 0 Å². The van der Waals surface area contributed by atoms with Crippen LogP contribution in [0.2, 0.25) is 10.0 Å². The van der Waals surface area contributed by atoms with Gasteiger partial charge in [0.1, 0.15) is 11.5 Å². The number of anilines is 3. The maximum Gasteiger partial charge on any atom is 0.260 e. The Bertz CT molecular complexity index is 2990. The number of fused-ring (bicyclic) bond motifs is 5. The fraction of sp³-hybridized carbons (Fsp3) is 0.216. The van der Waals surface area contributed by atoms with Crippen molar-refractivity contribution in [3.63, 3.8) is 0 Å². The number of hydrogen-bond donors (Lipinski definition) is 2. The van der Waals surface area contributed by atoms with Gasteiger partial charge in [-0.05, 0) is 109 Å². The molecule has 0 spiro atoms. The summed E-state index contributed by atoms with van der Waals surface area (Å²) in [5.41, 5.74) is 5.92. The number of phenolic OH excluding ortho intramolecular Hbond substituents is 1. The van der Waals surface area contributed by atoms with E-state index >= 15 is 9.59 Å². The van der Waals surface area contributed by atoms with E-state index in [9.17, 15) is 14.7 Å². The summed E-state index contributed by atoms with van der Waals surface area (Å²) in [4.78, 5) is 63.6. The van der Waals surface area contributed by atoms with E-state index in [2.05, 4.69) is 15.7 Å². The molecule has 2 heterocycles. The number of halogens is 2. The van der Waals surface area contributed by atoms with Crippen LogP contribution >= 0.6 is 23.2 Å². The molecule has 326 valence electrons. The standard InChI is InChI=1S/C51H42Cl2N6O6/c1-57(2)33-16-12-31(13-17-33)54-55-32-14-18-34(19-15-32)58-47(61)38-24-23-37-40(44(38)49(58)63)27-41-48(62)59(56-43-25-11-30(52)26-42(43)53)50(64)51(41,29-9-20-35(65-3)21-10-29)45(37)39-22-8-28-6-4-5-7-36(28)46(39)60/h4-23,25-26,38,40-41,44-45,56,60H,24,27H2,1-3H3/t38-,40+,41-,44-,45+,51+/m0/s1. The van der Waals surface area contributed by atoms with Gasteiger partial charge in [0, 0.05) is 41.7 Å². The van der Waals surface area contributed by atoms with Crippen LogP contribution in [0.1, 0.15) is 29.9 Å². The van der Waals surface area contributed by atoms with Crippen molar-refractivity contribution in [2.24, 2.45) is 33.9 Å². The molecule has 2 aliphatic carbocycles. The Labute approximate surface area is 384 Å². The Morgan fingerprint density at radius 3 is 2.15 bits per heavy atom. The largest absolute Gasteiger partial charge is 0.507 e. The molecule has 0 radical (unpaired) electrons. The molecule has 4 amide bonds. The number of azo groups is 1. The summed E-state index contributed by atoms with van der Waals surface area (Å²) < 4.78 is 5.53. The molecule has 1 saturated carbocycles. The number of imide groups is 2. The first-order valence-corrected chi connectivity index (χ1v) is 22.0. The van der Waals surface area contributed by atoms with Gasteiger partial charge in [0.2, 0.25) is 11.8 Å². The number of nitrogens with one attached hydrogen (secondary N) is 1. The maximum atomic E-state index is 15.7. The number of carbonyl (C=O) groups is 4. The van der Waals surface area contributed by atoms with Crippen LogP contribution in [0.15, 0.2) is 149 Å². The van der Waals surface area contributed by atoms with Crippen LogP contribution in [-0.2, 0) is 24.6 Å². The maximum absolute atomic E-state index is 15.7. The fourth-order valence-electron chi connectivity index (χ4n) is 10.5. The van der Waals surface area contributed by atoms with Crippen molar-refractivity contribution in [1.82, 2.24) is 5.01 Å². The van der Waals surface area contributed by atoms with E-state index in [0.29, 0.717) is 49.9 Å². The monoisotopic (exact) mass is 904 g/mol. The zero-order valence-corrected chi connectivity index (χ0v) is 37.0. The van der Waals surface area contributed by atoms with Gasteiger partial charge in [0.05, 0.1) is 58.1 Å². The highest BCUT2D eigenvalue weighted by atomic mass is 35.5. The number of amides is 4. The third kappa shape index (κ3) is 6.73. The average molecular weight is 906 g/mol. The minimum Gasteiger partial charge on any atom is -0.507 e. The number of hydrogen-bond acceptors (Lipinski definition) is 10. The molecule has 6 aromatic carbocycles. The molecular weight excluding hydrogens is 864 g/mol. The second-order valence-corrected chi connectivity index (χ2v) is 17.9. The van der Waals surface area contributed by atoms with Crippen LogP contribution in [0.4, 0.5) is 28.4 Å². The summed E-state index contributed by atoms with van der Waals surface area (Å²) >= 11 is 12.9. The van der Waals surface area contributed by atoms with Crippen LogP contribution < -0.4 is 20.0 Å². The first-order valence-electron chi connectivity index (χ1n) is 21.2. The number of carbonyl (C=O) groups excluding carboxylic acids is 4. The lowest BCUT2D eigenvalue weighted by Crippen LogP contribution is -2.53. The van der Waals surface area contributed by atoms with Crippen molar-refractivity contribution in [2.45, 2.75) is 24.2 Å². The van der Waals surface area contributed by atoms with Gasteiger partial charge in [-0.3, -0.25) is 29.5 Å². The second-order valence-electron chi connectivity index (χ2n) is 17.1. The number of phenols is 1. The third-order valence-corrected chi connectivity index (χ3v) is 14.1. The third-order valence-electron chi connectivity index (χ3n) is 13.6. The number of hydrazine groups is 1. The molecule has 0 bridgehead atoms. The molecule has 0 aromatic heterocycles. The number of aromatic hydroxyl groups is 1. The van der Waals surface area contributed by atoms with Crippen molar-refractivity contribution in [2.75, 3.05) is 36.4 Å². The highest BCUT2D eigenvalue weighted by Gasteiger charge is 2.70. The summed E-state index contributed by atoms with van der Waals surface area (Å²) in [6, 6.07) is 37.2. The Balaban J connectivity index is 1.07. The van der Waals surface area contributed by atoms with Gasteiger partial charge in [0.15, 0.2) is 0 Å². The average Bonchev–Trinajstić information content (AvgIpc) is 3.70. The summed E-state index contributed by atoms with van der Waals surface area (Å²) in [5, 5.41) is 24.0. The van der Waals surface area contributed by atoms with Gasteiger partial charge in [-0.25, -0.2) is 0 Å². The van der Waals surface area contributed by atoms with Crippen LogP contribution in [0.5, 0.6) is 11.5 Å². The second kappa shape index (κ2) is 16.2. The predicted octanol–water partition coefficient (Wildman–Crippen LogP) is 10.5. The minimum atomic E-state index is -1.64. The first kappa shape index (κ1) is 42.0. The minimum absolute atomic E-state index is 0.0471. The summed E-state index contributed by atoms with van der Waals surface area (Å²) in [7, 11) is 5.46. The number of allylic oxidation sites excluding steroid dienone is 2. The van der Waals surface area contributed by atoms with Crippen molar-refractivity contribution in [1.29, 1.82) is 0 Å². The molecule has 12 nitrogen and oxygen atoms in total. The van der Waals surface area contributed by atoms with Crippen molar-refractivity contribution < 1.29 is 29.0 Å². The highest BCUT2D eigenvalue weighted by molar-refractivity contribution is 6.36. The van der Waals surface area contributed by atoms with Gasteiger partial charge < -0.3 is 14.7 Å². The quantitative estimate of drug-likeness (QED) is 0.0829. The number of ether oxygens (including phenoxy) is 1. The van der Waals surface area contributed by atoms with E-state index in [0.717, 1.165) is 16.1 Å². The number of methoxy groups -OCH3 is 1. The van der Waals surface area contributed by atoms with Gasteiger partial charge in [-0.15, -0.1) is 0 Å². The lowest BCUT2D eigenvalue weighted by molar-refractivity contribution is -0.138. The van der Waals surface area contributed by atoms with Crippen LogP contribution in [-0.4, -0.2) is 54.9 Å². The van der Waals surface area contributed by atoms with E-state index in [1.807, 2.05) is 79.7 Å². The smallest absolute Gasteiger partial charge is 0.260 e. The highest BCUT2D eigenvalue weighted by Crippen LogP contribution is 2.65. The Morgan fingerprint density at radius 2 is 1.48 bits per heavy atom. The normalized spacial score (nSPS) is 23.7. The SMILES string of the molecule is COc1ccc([C@@]23C(=O)N(Nc4ccc(Cl)cc4Cl)C(=O)[C@@H]2C[C@@H]2C(=CC[C@@H]4C(=O)N(c5ccc(N=Nc6ccc(N(C)C)cc6)cc5)C(=O)[C@@H]42)[C@@H]3c2ccc3ccccc3c2O)cc1. The van der Waals surface area contributed by atoms with E-state index in [1.165, 1.54) is 11.0 Å². The van der Waals surface area contributed by atoms with Gasteiger partial charge in [0.25, 0.3) is 11.8 Å². The Hall–Kier alpha value is -7.02. The molecule has 2 saturated heterocycles. The van der Waals surface area contributed by atoms with Crippen molar-refractivity contribution >= 4 is 86.0 Å². The summed E-state index contributed by atoms with van der Waals surface area (Å²) in [6.45, 7) is 0. The van der Waals surface area contributed by atoms with Gasteiger partial charge in [-0.1, -0.05) is 83.4 Å². The van der Waals surface area contributed by atoms with Crippen molar-refractivity contribution in [3.05, 3.63) is 160 Å². The Kier molecular flexibility index (Phi) is 10.5. The zero-order chi connectivity index (χ0) is 45.3. The topological polar surface area (TPSA) is 144 Å². The Morgan fingerprint density at radius 1 is 0.785 bits per heavy atom. The number of nitrogens with zero attached hydrogens (tertiary/aromatic N) is 5. The molecule has 4 aliphatic rings. The fourth-order valence-corrected chi connectivity index (χ4v) is 11.0. The predicted molar refractivity (Wildman–Crippen MR) is 250 cm³/mol. The molecule has 2 aliphatic heterocycles. The summed E-state index contributed by atoms with van der Waals surface area (Å²) in [6.07, 6.45) is 2.22. The van der Waals surface area contributed by atoms with E-state index < -0.39 is 52.7 Å². The number of benzene rings is 6. The van der Waals surface area contributed by atoms with Gasteiger partial charge >= 0.3 is 0 Å². The molecule has 0 unspecified atom stereocenters. The van der Waals surface area contributed by atoms with Gasteiger partial charge in [-0.2, -0.15) is 15.2 Å². The molecule has 6 aromatic rings. The lowest BCUT2D eigenvalue weighted by atomic mass is 9.49. The molecule has 10 rings (SSSR count). The molecular formula is C51H42Cl2N6O6. The molecule has 3 fully saturated rings. The van der Waals surface area contributed by atoms with Crippen molar-refractivity contribution in [3.8, 4) is 11.5 Å². The first-order chi connectivity index (χ1) is 31.4. The molecule has 2 N–H and O–H groups in total. The van der Waals surface area contributed by atoms with Crippen LogP contribution in [0, 0.1) is 23.7 Å². The summed E-state index contributed by atoms with van der Waals surface area (Å²) in [5.74, 6) is -5.65. The molecule has 6 atom stereocenters. The lowest BCUT2D eigenvalue weighted by Gasteiger charge is -2.50.